The minimum Gasteiger partial charge on any atom is -0.472 e. The molecule has 0 N–H and O–H groups in total. The van der Waals surface area contributed by atoms with Crippen molar-refractivity contribution in [3.05, 3.63) is 58.7 Å². The molecule has 0 bridgehead atoms. The second kappa shape index (κ2) is 6.20. The van der Waals surface area contributed by atoms with E-state index >= 15 is 0 Å². The summed E-state index contributed by atoms with van der Waals surface area (Å²) in [5, 5.41) is 0.260. The molecule has 4 nitrogen and oxygen atoms in total. The highest BCUT2D eigenvalue weighted by Gasteiger charge is 2.15. The predicted molar refractivity (Wildman–Crippen MR) is 71.4 cm³/mol. The molecule has 1 aromatic heterocycles. The van der Waals surface area contributed by atoms with E-state index < -0.39 is 5.97 Å². The first kappa shape index (κ1) is 13.4. The number of carbonyl (C=O) groups excluding carboxylic acids is 1. The van der Waals surface area contributed by atoms with Crippen molar-refractivity contribution in [2.45, 2.75) is 6.61 Å². The van der Waals surface area contributed by atoms with E-state index in [1.165, 1.54) is 19.2 Å². The van der Waals surface area contributed by atoms with E-state index in [1.54, 1.807) is 0 Å². The molecule has 0 aliphatic rings. The zero-order chi connectivity index (χ0) is 13.7. The highest BCUT2D eigenvalue weighted by molar-refractivity contribution is 6.29. The second-order valence-corrected chi connectivity index (χ2v) is 4.14. The number of methoxy groups -OCH3 is 1. The Kier molecular flexibility index (Phi) is 4.36. The van der Waals surface area contributed by atoms with Crippen molar-refractivity contribution < 1.29 is 14.3 Å². The zero-order valence-corrected chi connectivity index (χ0v) is 11.1. The van der Waals surface area contributed by atoms with Gasteiger partial charge in [0.15, 0.2) is 0 Å². The first-order chi connectivity index (χ1) is 9.20. The van der Waals surface area contributed by atoms with Crippen LogP contribution >= 0.6 is 11.6 Å². The van der Waals surface area contributed by atoms with Crippen LogP contribution in [0.5, 0.6) is 5.88 Å². The van der Waals surface area contributed by atoms with Crippen LogP contribution in [0.3, 0.4) is 0 Å². The minimum atomic E-state index is -0.507. The Morgan fingerprint density at radius 3 is 2.63 bits per heavy atom. The summed E-state index contributed by atoms with van der Waals surface area (Å²) in [5.74, 6) is -0.338. The number of halogens is 1. The smallest absolute Gasteiger partial charge is 0.343 e. The summed E-state index contributed by atoms with van der Waals surface area (Å²) in [6, 6.07) is 12.6. The normalized spacial score (nSPS) is 10.0. The van der Waals surface area contributed by atoms with Gasteiger partial charge < -0.3 is 9.47 Å². The molecule has 0 atom stereocenters. The number of benzene rings is 1. The number of esters is 1. The van der Waals surface area contributed by atoms with E-state index in [-0.39, 0.29) is 16.6 Å². The topological polar surface area (TPSA) is 48.4 Å². The lowest BCUT2D eigenvalue weighted by atomic mass is 10.2. The van der Waals surface area contributed by atoms with Crippen LogP contribution in [-0.4, -0.2) is 18.1 Å². The number of ether oxygens (including phenoxy) is 2. The van der Waals surface area contributed by atoms with Crippen molar-refractivity contribution in [3.8, 4) is 5.88 Å². The molecule has 1 heterocycles. The number of hydrogen-bond acceptors (Lipinski definition) is 4. The Labute approximate surface area is 115 Å². The Balaban J connectivity index is 2.19. The Bertz CT molecular complexity index is 572. The van der Waals surface area contributed by atoms with Gasteiger partial charge in [0.2, 0.25) is 5.88 Å². The molecular weight excluding hydrogens is 266 g/mol. The van der Waals surface area contributed by atoms with Crippen molar-refractivity contribution in [2.24, 2.45) is 0 Å². The maximum Gasteiger partial charge on any atom is 0.343 e. The molecule has 0 fully saturated rings. The SMILES string of the molecule is COC(=O)c1ccc(Cl)nc1OCc1ccccc1. The van der Waals surface area contributed by atoms with Crippen molar-refractivity contribution in [1.29, 1.82) is 0 Å². The number of hydrogen-bond donors (Lipinski definition) is 0. The Hall–Kier alpha value is -2.07. The average molecular weight is 278 g/mol. The van der Waals surface area contributed by atoms with E-state index in [0.717, 1.165) is 5.56 Å². The van der Waals surface area contributed by atoms with Crippen LogP contribution < -0.4 is 4.74 Å². The van der Waals surface area contributed by atoms with Crippen LogP contribution in [0, 0.1) is 0 Å². The van der Waals surface area contributed by atoms with Crippen LogP contribution in [0.15, 0.2) is 42.5 Å². The summed E-state index contributed by atoms with van der Waals surface area (Å²) in [4.78, 5) is 15.6. The third kappa shape index (κ3) is 3.45. The lowest BCUT2D eigenvalue weighted by Gasteiger charge is -2.09. The van der Waals surface area contributed by atoms with Crippen LogP contribution in [-0.2, 0) is 11.3 Å². The predicted octanol–water partition coefficient (Wildman–Crippen LogP) is 3.10. The molecule has 0 spiro atoms. The quantitative estimate of drug-likeness (QED) is 0.636. The molecule has 5 heteroatoms. The lowest BCUT2D eigenvalue weighted by Crippen LogP contribution is -2.07. The van der Waals surface area contributed by atoms with Gasteiger partial charge in [-0.05, 0) is 17.7 Å². The van der Waals surface area contributed by atoms with Gasteiger partial charge in [-0.25, -0.2) is 9.78 Å². The first-order valence-electron chi connectivity index (χ1n) is 5.62. The molecule has 0 saturated heterocycles. The summed E-state index contributed by atoms with van der Waals surface area (Å²) in [5.41, 5.74) is 1.22. The summed E-state index contributed by atoms with van der Waals surface area (Å²) in [6.45, 7) is 0.304. The Morgan fingerprint density at radius 2 is 1.95 bits per heavy atom. The van der Waals surface area contributed by atoms with Crippen LogP contribution in [0.4, 0.5) is 0 Å². The van der Waals surface area contributed by atoms with Crippen molar-refractivity contribution in [2.75, 3.05) is 7.11 Å². The van der Waals surface area contributed by atoms with E-state index in [4.69, 9.17) is 16.3 Å². The molecule has 0 radical (unpaired) electrons. The summed E-state index contributed by atoms with van der Waals surface area (Å²) < 4.78 is 10.2. The van der Waals surface area contributed by atoms with Gasteiger partial charge >= 0.3 is 5.97 Å². The number of rotatable bonds is 4. The van der Waals surface area contributed by atoms with Gasteiger partial charge in [-0.1, -0.05) is 41.9 Å². The second-order valence-electron chi connectivity index (χ2n) is 3.75. The molecule has 0 aliphatic heterocycles. The van der Waals surface area contributed by atoms with Gasteiger partial charge in [-0.2, -0.15) is 0 Å². The minimum absolute atomic E-state index is 0.170. The monoisotopic (exact) mass is 277 g/mol. The van der Waals surface area contributed by atoms with Crippen LogP contribution in [0.25, 0.3) is 0 Å². The van der Waals surface area contributed by atoms with Gasteiger partial charge in [0, 0.05) is 0 Å². The first-order valence-corrected chi connectivity index (χ1v) is 6.00. The maximum atomic E-state index is 11.6. The fourth-order valence-corrected chi connectivity index (χ4v) is 1.66. The standard InChI is InChI=1S/C14H12ClNO3/c1-18-14(17)11-7-8-12(15)16-13(11)19-9-10-5-3-2-4-6-10/h2-8H,9H2,1H3. The molecule has 2 rings (SSSR count). The molecule has 1 aromatic carbocycles. The van der Waals surface area contributed by atoms with E-state index in [9.17, 15) is 4.79 Å². The van der Waals surface area contributed by atoms with Crippen molar-refractivity contribution in [3.63, 3.8) is 0 Å². The maximum absolute atomic E-state index is 11.6. The lowest BCUT2D eigenvalue weighted by molar-refractivity contribution is 0.0594. The third-order valence-corrected chi connectivity index (χ3v) is 2.66. The largest absolute Gasteiger partial charge is 0.472 e. The van der Waals surface area contributed by atoms with Gasteiger partial charge in [0.25, 0.3) is 0 Å². The van der Waals surface area contributed by atoms with Crippen molar-refractivity contribution in [1.82, 2.24) is 4.98 Å². The van der Waals surface area contributed by atoms with Crippen molar-refractivity contribution >= 4 is 17.6 Å². The highest BCUT2D eigenvalue weighted by Crippen LogP contribution is 2.20. The molecule has 0 aliphatic carbocycles. The average Bonchev–Trinajstić information content (AvgIpc) is 2.45. The highest BCUT2D eigenvalue weighted by atomic mass is 35.5. The van der Waals surface area contributed by atoms with Crippen LogP contribution in [0.2, 0.25) is 5.15 Å². The van der Waals surface area contributed by atoms with E-state index in [2.05, 4.69) is 9.72 Å². The van der Waals surface area contributed by atoms with Gasteiger partial charge in [-0.3, -0.25) is 0 Å². The summed E-state index contributed by atoms with van der Waals surface area (Å²) in [7, 11) is 1.30. The van der Waals surface area contributed by atoms with E-state index in [0.29, 0.717) is 6.61 Å². The third-order valence-electron chi connectivity index (χ3n) is 2.45. The molecule has 0 unspecified atom stereocenters. The fraction of sp³-hybridized carbons (Fsp3) is 0.143. The van der Waals surface area contributed by atoms with Gasteiger partial charge in [-0.15, -0.1) is 0 Å². The van der Waals surface area contributed by atoms with Gasteiger partial charge in [0.05, 0.1) is 7.11 Å². The zero-order valence-electron chi connectivity index (χ0n) is 10.3. The molecule has 98 valence electrons. The fourth-order valence-electron chi connectivity index (χ4n) is 1.52. The molecule has 2 aromatic rings. The number of pyridine rings is 1. The van der Waals surface area contributed by atoms with Gasteiger partial charge in [0.1, 0.15) is 17.3 Å². The molecular formula is C14H12ClNO3. The summed E-state index contributed by atoms with van der Waals surface area (Å²) >= 11 is 5.80. The number of nitrogens with zero attached hydrogens (tertiary/aromatic N) is 1. The summed E-state index contributed by atoms with van der Waals surface area (Å²) in [6.07, 6.45) is 0. The molecule has 0 amide bonds. The molecule has 19 heavy (non-hydrogen) atoms. The van der Waals surface area contributed by atoms with E-state index in [1.807, 2.05) is 30.3 Å². The van der Waals surface area contributed by atoms with Crippen LogP contribution in [0.1, 0.15) is 15.9 Å². The number of aromatic nitrogens is 1. The number of carbonyl (C=O) groups is 1. The molecule has 0 saturated carbocycles. The Morgan fingerprint density at radius 1 is 1.21 bits per heavy atom.